The number of nitrogens with zero attached hydrogens (tertiary/aromatic N) is 3. The van der Waals surface area contributed by atoms with Gasteiger partial charge in [-0.3, -0.25) is 4.98 Å². The maximum absolute atomic E-state index is 12.0. The van der Waals surface area contributed by atoms with Crippen molar-refractivity contribution in [3.63, 3.8) is 0 Å². The molecule has 1 aliphatic rings. The zero-order valence-corrected chi connectivity index (χ0v) is 17.2. The molecule has 0 bridgehead atoms. The first-order valence-electron chi connectivity index (χ1n) is 9.59. The van der Waals surface area contributed by atoms with E-state index in [-0.39, 0.29) is 24.7 Å². The van der Waals surface area contributed by atoms with Crippen molar-refractivity contribution in [2.24, 2.45) is 0 Å². The molecule has 1 saturated heterocycles. The summed E-state index contributed by atoms with van der Waals surface area (Å²) in [7, 11) is 1.37. The van der Waals surface area contributed by atoms with Gasteiger partial charge in [-0.1, -0.05) is 12.1 Å². The van der Waals surface area contributed by atoms with Gasteiger partial charge in [0.15, 0.2) is 5.11 Å². The molecule has 1 fully saturated rings. The number of hydrogen-bond donors (Lipinski definition) is 2. The number of ether oxygens (including phenoxy) is 1. The first-order chi connectivity index (χ1) is 14.6. The minimum absolute atomic E-state index is 0.0220. The number of rotatable bonds is 6. The summed E-state index contributed by atoms with van der Waals surface area (Å²) in [5, 5.41) is 13.6. The molecule has 4 rings (SSSR count). The number of aliphatic hydroxyl groups excluding tert-OH is 1. The summed E-state index contributed by atoms with van der Waals surface area (Å²) in [6.07, 6.45) is 3.70. The van der Waals surface area contributed by atoms with Crippen LogP contribution in [0.15, 0.2) is 67.0 Å². The molecule has 0 spiro atoms. The minimum Gasteiger partial charge on any atom is -0.465 e. The third-order valence-electron chi connectivity index (χ3n) is 5.17. The highest BCUT2D eigenvalue weighted by Crippen LogP contribution is 2.39. The van der Waals surface area contributed by atoms with Crippen molar-refractivity contribution in [3.05, 3.63) is 83.9 Å². The highest BCUT2D eigenvalue weighted by molar-refractivity contribution is 7.80. The molecule has 2 atom stereocenters. The van der Waals surface area contributed by atoms with Crippen LogP contribution < -0.4 is 5.32 Å². The Morgan fingerprint density at radius 1 is 1.23 bits per heavy atom. The van der Waals surface area contributed by atoms with Gasteiger partial charge in [-0.05, 0) is 54.7 Å². The third kappa shape index (κ3) is 3.67. The molecule has 0 aliphatic carbocycles. The van der Waals surface area contributed by atoms with Gasteiger partial charge in [0.05, 0.1) is 37.1 Å². The van der Waals surface area contributed by atoms with Crippen molar-refractivity contribution in [2.75, 3.05) is 20.3 Å². The first kappa shape index (κ1) is 20.1. The van der Waals surface area contributed by atoms with Crippen molar-refractivity contribution >= 4 is 23.3 Å². The number of β-amino-alcohol motifs (C(OH)–C–C–N with tert-alkyl or cyclic N) is 1. The maximum Gasteiger partial charge on any atom is 0.337 e. The van der Waals surface area contributed by atoms with Crippen LogP contribution in [0.3, 0.4) is 0 Å². The Kier molecular flexibility index (Phi) is 5.78. The molecular weight excluding hydrogens is 400 g/mol. The van der Waals surface area contributed by atoms with E-state index in [0.717, 1.165) is 17.1 Å². The van der Waals surface area contributed by atoms with Gasteiger partial charge in [0.25, 0.3) is 0 Å². The maximum atomic E-state index is 12.0. The highest BCUT2D eigenvalue weighted by Gasteiger charge is 2.40. The average molecular weight is 423 g/mol. The lowest BCUT2D eigenvalue weighted by Gasteiger charge is -2.28. The number of pyridine rings is 1. The van der Waals surface area contributed by atoms with Crippen LogP contribution in [0.5, 0.6) is 0 Å². The van der Waals surface area contributed by atoms with E-state index in [2.05, 4.69) is 10.3 Å². The molecule has 8 heteroatoms. The molecule has 7 nitrogen and oxygen atoms in total. The van der Waals surface area contributed by atoms with Crippen LogP contribution in [0.25, 0.3) is 5.69 Å². The summed E-state index contributed by atoms with van der Waals surface area (Å²) < 4.78 is 6.88. The molecule has 30 heavy (non-hydrogen) atoms. The number of esters is 1. The lowest BCUT2D eigenvalue weighted by molar-refractivity contribution is 0.0600. The first-order valence-corrected chi connectivity index (χ1v) is 10.00. The van der Waals surface area contributed by atoms with Crippen molar-refractivity contribution in [1.29, 1.82) is 0 Å². The fourth-order valence-corrected chi connectivity index (χ4v) is 4.18. The van der Waals surface area contributed by atoms with Crippen LogP contribution in [0.4, 0.5) is 0 Å². The van der Waals surface area contributed by atoms with Gasteiger partial charge in [-0.2, -0.15) is 0 Å². The molecule has 0 saturated carbocycles. The van der Waals surface area contributed by atoms with Crippen LogP contribution in [0, 0.1) is 0 Å². The number of methoxy groups -OCH3 is 1. The molecule has 154 valence electrons. The number of aromatic nitrogens is 2. The third-order valence-corrected chi connectivity index (χ3v) is 5.52. The van der Waals surface area contributed by atoms with E-state index in [4.69, 9.17) is 17.0 Å². The normalized spacial score (nSPS) is 18.3. The topological polar surface area (TPSA) is 79.6 Å². The van der Waals surface area contributed by atoms with Crippen LogP contribution in [-0.2, 0) is 4.74 Å². The molecule has 0 amide bonds. The molecular formula is C22H22N4O3S. The minimum atomic E-state index is -0.387. The Labute approximate surface area is 179 Å². The molecule has 3 aromatic rings. The number of carbonyl (C=O) groups excluding carboxylic acids is 1. The second-order valence-corrected chi connectivity index (χ2v) is 7.28. The Morgan fingerprint density at radius 2 is 2.10 bits per heavy atom. The van der Waals surface area contributed by atoms with Gasteiger partial charge in [0.1, 0.15) is 0 Å². The zero-order valence-electron chi connectivity index (χ0n) is 16.4. The summed E-state index contributed by atoms with van der Waals surface area (Å²) >= 11 is 5.57. The number of thiocarbonyl (C=S) groups is 1. The number of carbonyl (C=O) groups is 1. The second-order valence-electron chi connectivity index (χ2n) is 6.89. The Balaban J connectivity index is 1.79. The quantitative estimate of drug-likeness (QED) is 0.467. The van der Waals surface area contributed by atoms with Gasteiger partial charge in [-0.15, -0.1) is 0 Å². The number of benzene rings is 1. The van der Waals surface area contributed by atoms with Crippen LogP contribution in [-0.4, -0.2) is 50.9 Å². The van der Waals surface area contributed by atoms with Crippen molar-refractivity contribution in [1.82, 2.24) is 19.8 Å². The standard InChI is InChI=1S/C22H22N4O3S/c1-29-21(28)15-6-4-7-16(14-15)25-11-5-9-18(25)20-19(17-8-2-3-10-23-17)24-22(30)26(20)12-13-27/h2-11,14,19-20,27H,12-13H2,1H3,(H,24,30). The van der Waals surface area contributed by atoms with E-state index in [1.807, 2.05) is 58.1 Å². The molecule has 0 radical (unpaired) electrons. The van der Waals surface area contributed by atoms with E-state index in [0.29, 0.717) is 17.2 Å². The van der Waals surface area contributed by atoms with E-state index >= 15 is 0 Å². The molecule has 2 N–H and O–H groups in total. The fraction of sp³-hybridized carbons (Fsp3) is 0.227. The van der Waals surface area contributed by atoms with Gasteiger partial charge < -0.3 is 24.6 Å². The Morgan fingerprint density at radius 3 is 2.83 bits per heavy atom. The van der Waals surface area contributed by atoms with E-state index in [1.54, 1.807) is 18.3 Å². The largest absolute Gasteiger partial charge is 0.465 e. The molecule has 1 aliphatic heterocycles. The lowest BCUT2D eigenvalue weighted by Crippen LogP contribution is -2.32. The van der Waals surface area contributed by atoms with Gasteiger partial charge in [0, 0.05) is 30.3 Å². The number of nitrogens with one attached hydrogen (secondary N) is 1. The molecule has 1 aromatic carbocycles. The summed E-state index contributed by atoms with van der Waals surface area (Å²) in [5.41, 5.74) is 3.14. The summed E-state index contributed by atoms with van der Waals surface area (Å²) in [6.45, 7) is 0.374. The van der Waals surface area contributed by atoms with Gasteiger partial charge in [0.2, 0.25) is 0 Å². The SMILES string of the molecule is COC(=O)c1cccc(-n2cccc2C2C(c3ccccn3)NC(=S)N2CCO)c1. The van der Waals surface area contributed by atoms with Gasteiger partial charge in [-0.25, -0.2) is 4.79 Å². The van der Waals surface area contributed by atoms with Crippen molar-refractivity contribution in [3.8, 4) is 5.69 Å². The summed E-state index contributed by atoms with van der Waals surface area (Å²) in [5.74, 6) is -0.387. The van der Waals surface area contributed by atoms with Crippen LogP contribution >= 0.6 is 12.2 Å². The zero-order chi connectivity index (χ0) is 21.1. The predicted octanol–water partition coefficient (Wildman–Crippen LogP) is 2.62. The summed E-state index contributed by atoms with van der Waals surface area (Å²) in [6, 6.07) is 16.7. The van der Waals surface area contributed by atoms with Crippen LogP contribution in [0.2, 0.25) is 0 Å². The smallest absolute Gasteiger partial charge is 0.337 e. The lowest BCUT2D eigenvalue weighted by atomic mass is 10.0. The average Bonchev–Trinajstić information content (AvgIpc) is 3.39. The van der Waals surface area contributed by atoms with Gasteiger partial charge >= 0.3 is 5.97 Å². The van der Waals surface area contributed by atoms with E-state index in [1.165, 1.54) is 7.11 Å². The van der Waals surface area contributed by atoms with Crippen LogP contribution in [0.1, 0.15) is 33.8 Å². The molecule has 3 heterocycles. The predicted molar refractivity (Wildman–Crippen MR) is 116 cm³/mol. The summed E-state index contributed by atoms with van der Waals surface area (Å²) in [4.78, 5) is 18.5. The van der Waals surface area contributed by atoms with Crippen molar-refractivity contribution < 1.29 is 14.6 Å². The Hall–Kier alpha value is -3.23. The fourth-order valence-electron chi connectivity index (χ4n) is 3.85. The van der Waals surface area contributed by atoms with E-state index in [9.17, 15) is 9.90 Å². The van der Waals surface area contributed by atoms with Crippen molar-refractivity contribution in [2.45, 2.75) is 12.1 Å². The Bertz CT molecular complexity index is 1050. The van der Waals surface area contributed by atoms with E-state index < -0.39 is 0 Å². The number of aliphatic hydroxyl groups is 1. The highest BCUT2D eigenvalue weighted by atomic mass is 32.1. The monoisotopic (exact) mass is 422 g/mol. The number of hydrogen-bond acceptors (Lipinski definition) is 5. The molecule has 2 unspecified atom stereocenters. The molecule has 2 aromatic heterocycles. The second kappa shape index (κ2) is 8.64.